The van der Waals surface area contributed by atoms with Crippen molar-refractivity contribution < 1.29 is 4.79 Å². The molecule has 0 atom stereocenters. The molecular weight excluding hydrogens is 268 g/mol. The van der Waals surface area contributed by atoms with Crippen LogP contribution in [0.3, 0.4) is 0 Å². The Hall–Kier alpha value is -2.41. The van der Waals surface area contributed by atoms with E-state index in [1.54, 1.807) is 6.08 Å². The highest BCUT2D eigenvalue weighted by atomic mass is 16.1. The Morgan fingerprint density at radius 3 is 2.50 bits per heavy atom. The Bertz CT molecular complexity index is 693. The second kappa shape index (κ2) is 7.56. The number of Topliss-reactive ketones (excluding diaryl/α,β-unsaturated/α-hetero) is 1. The Labute approximate surface area is 133 Å². The third-order valence-corrected chi connectivity index (χ3v) is 3.74. The van der Waals surface area contributed by atoms with Gasteiger partial charge in [-0.15, -0.1) is 6.58 Å². The van der Waals surface area contributed by atoms with Gasteiger partial charge in [0, 0.05) is 6.42 Å². The minimum Gasteiger partial charge on any atom is -0.294 e. The lowest BCUT2D eigenvalue weighted by molar-refractivity contribution is -0.114. The van der Waals surface area contributed by atoms with Crippen molar-refractivity contribution in [3.8, 4) is 0 Å². The fourth-order valence-electron chi connectivity index (χ4n) is 2.39. The third-order valence-electron chi connectivity index (χ3n) is 3.74. The highest BCUT2D eigenvalue weighted by molar-refractivity contribution is 5.99. The van der Waals surface area contributed by atoms with Crippen LogP contribution in [0, 0.1) is 6.92 Å². The molecule has 0 amide bonds. The predicted octanol–water partition coefficient (Wildman–Crippen LogP) is 5.13. The molecule has 1 nitrogen and oxygen atoms in total. The molecule has 2 aromatic carbocycles. The van der Waals surface area contributed by atoms with Gasteiger partial charge in [-0.1, -0.05) is 54.6 Å². The van der Waals surface area contributed by atoms with E-state index in [0.717, 1.165) is 17.6 Å². The smallest absolute Gasteiger partial charge is 0.162 e. The zero-order valence-electron chi connectivity index (χ0n) is 13.3. The second-order valence-electron chi connectivity index (χ2n) is 5.60. The van der Waals surface area contributed by atoms with Gasteiger partial charge in [0.25, 0.3) is 0 Å². The van der Waals surface area contributed by atoms with Crippen molar-refractivity contribution in [2.75, 3.05) is 0 Å². The van der Waals surface area contributed by atoms with Gasteiger partial charge in [0.05, 0.1) is 0 Å². The number of ketones is 1. The molecule has 2 rings (SSSR count). The predicted molar refractivity (Wildman–Crippen MR) is 93.9 cm³/mol. The van der Waals surface area contributed by atoms with Crippen LogP contribution in [0.1, 0.15) is 35.6 Å². The van der Waals surface area contributed by atoms with Gasteiger partial charge in [0.2, 0.25) is 0 Å². The standard InChI is InChI=1S/C21H22O/c1-4-8-21(22)17(3)13-20-15-19(12-11-16(20)2)14-18-9-6-5-7-10-18/h4-7,9-13,15H,1,8,14H2,2-3H3/b17-13+. The Kier molecular flexibility index (Phi) is 5.48. The van der Waals surface area contributed by atoms with E-state index in [0.29, 0.717) is 6.42 Å². The van der Waals surface area contributed by atoms with Crippen molar-refractivity contribution in [2.45, 2.75) is 26.7 Å². The first kappa shape index (κ1) is 16.0. The zero-order valence-corrected chi connectivity index (χ0v) is 13.3. The van der Waals surface area contributed by atoms with Gasteiger partial charge >= 0.3 is 0 Å². The maximum Gasteiger partial charge on any atom is 0.162 e. The van der Waals surface area contributed by atoms with E-state index < -0.39 is 0 Å². The first-order valence-electron chi connectivity index (χ1n) is 7.56. The van der Waals surface area contributed by atoms with Gasteiger partial charge in [0.15, 0.2) is 5.78 Å². The molecule has 112 valence electrons. The molecule has 0 spiro atoms. The maximum atomic E-state index is 11.9. The number of carbonyl (C=O) groups excluding carboxylic acids is 1. The zero-order chi connectivity index (χ0) is 15.9. The molecule has 0 aliphatic rings. The minimum absolute atomic E-state index is 0.128. The van der Waals surface area contributed by atoms with Crippen LogP contribution in [-0.2, 0) is 11.2 Å². The van der Waals surface area contributed by atoms with Gasteiger partial charge in [-0.2, -0.15) is 0 Å². The topological polar surface area (TPSA) is 17.1 Å². The highest BCUT2D eigenvalue weighted by Gasteiger charge is 2.05. The lowest BCUT2D eigenvalue weighted by atomic mass is 9.97. The van der Waals surface area contributed by atoms with E-state index in [4.69, 9.17) is 0 Å². The summed E-state index contributed by atoms with van der Waals surface area (Å²) < 4.78 is 0. The van der Waals surface area contributed by atoms with Crippen LogP contribution in [0.25, 0.3) is 6.08 Å². The SMILES string of the molecule is C=CCC(=O)/C(C)=C/c1cc(Cc2ccccc2)ccc1C. The van der Waals surface area contributed by atoms with Crippen molar-refractivity contribution in [3.05, 3.63) is 89.0 Å². The summed E-state index contributed by atoms with van der Waals surface area (Å²) in [4.78, 5) is 11.9. The number of carbonyl (C=O) groups is 1. The van der Waals surface area contributed by atoms with E-state index in [1.165, 1.54) is 16.7 Å². The van der Waals surface area contributed by atoms with Gasteiger partial charge in [-0.05, 0) is 54.2 Å². The number of benzene rings is 2. The molecule has 0 aliphatic heterocycles. The number of hydrogen-bond acceptors (Lipinski definition) is 1. The van der Waals surface area contributed by atoms with E-state index in [2.05, 4.69) is 56.0 Å². The molecular formula is C21H22O. The van der Waals surface area contributed by atoms with Crippen LogP contribution in [-0.4, -0.2) is 5.78 Å². The molecule has 0 bridgehead atoms. The largest absolute Gasteiger partial charge is 0.294 e. The molecule has 2 aromatic rings. The summed E-state index contributed by atoms with van der Waals surface area (Å²) in [6.07, 6.45) is 4.93. The van der Waals surface area contributed by atoms with Crippen LogP contribution in [0.2, 0.25) is 0 Å². The fraction of sp³-hybridized carbons (Fsp3) is 0.190. The fourth-order valence-corrected chi connectivity index (χ4v) is 2.39. The quantitative estimate of drug-likeness (QED) is 0.532. The summed E-state index contributed by atoms with van der Waals surface area (Å²) >= 11 is 0. The molecule has 0 fully saturated rings. The Morgan fingerprint density at radius 2 is 1.82 bits per heavy atom. The average Bonchev–Trinajstić information content (AvgIpc) is 2.52. The number of rotatable bonds is 6. The summed E-state index contributed by atoms with van der Waals surface area (Å²) in [6, 6.07) is 16.9. The van der Waals surface area contributed by atoms with Gasteiger partial charge in [-0.25, -0.2) is 0 Å². The van der Waals surface area contributed by atoms with E-state index in [9.17, 15) is 4.79 Å². The van der Waals surface area contributed by atoms with Crippen LogP contribution in [0.4, 0.5) is 0 Å². The molecule has 0 saturated heterocycles. The molecule has 0 N–H and O–H groups in total. The third kappa shape index (κ3) is 4.29. The maximum absolute atomic E-state index is 11.9. The molecule has 0 radical (unpaired) electrons. The monoisotopic (exact) mass is 290 g/mol. The second-order valence-corrected chi connectivity index (χ2v) is 5.60. The lowest BCUT2D eigenvalue weighted by Crippen LogP contribution is -1.98. The van der Waals surface area contributed by atoms with Gasteiger partial charge < -0.3 is 0 Å². The normalized spacial score (nSPS) is 11.3. The lowest BCUT2D eigenvalue weighted by Gasteiger charge is -2.07. The Morgan fingerprint density at radius 1 is 1.09 bits per heavy atom. The summed E-state index contributed by atoms with van der Waals surface area (Å²) in [7, 11) is 0. The van der Waals surface area contributed by atoms with E-state index in [-0.39, 0.29) is 5.78 Å². The van der Waals surface area contributed by atoms with Gasteiger partial charge in [0.1, 0.15) is 0 Å². The minimum atomic E-state index is 0.128. The van der Waals surface area contributed by atoms with Crippen LogP contribution in [0.5, 0.6) is 0 Å². The van der Waals surface area contributed by atoms with Gasteiger partial charge in [-0.3, -0.25) is 4.79 Å². The first-order chi connectivity index (χ1) is 10.6. The molecule has 0 unspecified atom stereocenters. The number of allylic oxidation sites excluding steroid dienone is 2. The molecule has 0 heterocycles. The first-order valence-corrected chi connectivity index (χ1v) is 7.56. The van der Waals surface area contributed by atoms with E-state index in [1.807, 2.05) is 19.1 Å². The molecule has 1 heteroatoms. The van der Waals surface area contributed by atoms with E-state index >= 15 is 0 Å². The van der Waals surface area contributed by atoms with Crippen molar-refractivity contribution in [2.24, 2.45) is 0 Å². The molecule has 0 saturated carbocycles. The van der Waals surface area contributed by atoms with Crippen molar-refractivity contribution in [1.29, 1.82) is 0 Å². The molecule has 22 heavy (non-hydrogen) atoms. The van der Waals surface area contributed by atoms with Crippen LogP contribution < -0.4 is 0 Å². The summed E-state index contributed by atoms with van der Waals surface area (Å²) in [6.45, 7) is 7.56. The molecule has 0 aromatic heterocycles. The summed E-state index contributed by atoms with van der Waals surface area (Å²) in [5.41, 5.74) is 5.62. The van der Waals surface area contributed by atoms with Crippen molar-refractivity contribution in [3.63, 3.8) is 0 Å². The number of aryl methyl sites for hydroxylation is 1. The summed E-state index contributed by atoms with van der Waals surface area (Å²) in [5.74, 6) is 0.128. The van der Waals surface area contributed by atoms with Crippen LogP contribution in [0.15, 0.2) is 66.8 Å². The van der Waals surface area contributed by atoms with Crippen LogP contribution >= 0.6 is 0 Å². The average molecular weight is 290 g/mol. The van der Waals surface area contributed by atoms with Crippen molar-refractivity contribution in [1.82, 2.24) is 0 Å². The Balaban J connectivity index is 2.25. The molecule has 0 aliphatic carbocycles. The summed E-state index contributed by atoms with van der Waals surface area (Å²) in [5, 5.41) is 0. The van der Waals surface area contributed by atoms with Crippen molar-refractivity contribution >= 4 is 11.9 Å². The number of hydrogen-bond donors (Lipinski definition) is 0. The highest BCUT2D eigenvalue weighted by Crippen LogP contribution is 2.18.